The largest absolute Gasteiger partial charge is 0.454 e. The summed E-state index contributed by atoms with van der Waals surface area (Å²) >= 11 is 0. The fraction of sp³-hybridized carbons (Fsp3) is 0.190. The molecule has 1 aromatic heterocycles. The van der Waals surface area contributed by atoms with Crippen molar-refractivity contribution in [3.8, 4) is 0 Å². The average molecular weight is 415 g/mol. The van der Waals surface area contributed by atoms with Crippen LogP contribution < -0.4 is 10.6 Å². The van der Waals surface area contributed by atoms with E-state index >= 15 is 0 Å². The van der Waals surface area contributed by atoms with Crippen LogP contribution in [0.3, 0.4) is 0 Å². The molecule has 0 spiro atoms. The lowest BCUT2D eigenvalue weighted by Crippen LogP contribution is -2.43. The van der Waals surface area contributed by atoms with Gasteiger partial charge in [0.05, 0.1) is 0 Å². The van der Waals surface area contributed by atoms with Gasteiger partial charge in [-0.2, -0.15) is 0 Å². The molecule has 3 N–H and O–H groups in total. The highest BCUT2D eigenvalue weighted by Crippen LogP contribution is 2.20. The van der Waals surface area contributed by atoms with Crippen molar-refractivity contribution in [3.63, 3.8) is 0 Å². The van der Waals surface area contributed by atoms with E-state index in [9.17, 15) is 23.2 Å². The molecule has 0 aliphatic rings. The van der Waals surface area contributed by atoms with E-state index in [1.54, 1.807) is 6.20 Å². The fourth-order valence-corrected chi connectivity index (χ4v) is 2.99. The van der Waals surface area contributed by atoms with E-state index in [1.807, 2.05) is 29.6 Å². The molecule has 156 valence electrons. The lowest BCUT2D eigenvalue weighted by Gasteiger charge is -2.16. The summed E-state index contributed by atoms with van der Waals surface area (Å²) in [5, 5.41) is 5.40. The first-order valence-corrected chi connectivity index (χ1v) is 9.07. The number of rotatable bonds is 7. The molecule has 2 amide bonds. The standard InChI is InChI=1S/C21H19F2N3O4/c1-12(27)25-18(9-13-10-24-17-8-3-2-5-14(13)17)21(29)30-11-19(28)26-20-15(22)6-4-7-16(20)23/h2-8,10,18,24H,9,11H2,1H3,(H,25,27)(H,26,28)/t18-/m0/s1. The topological polar surface area (TPSA) is 100 Å². The number of aromatic amines is 1. The second-order valence-corrected chi connectivity index (χ2v) is 6.57. The number of halogens is 2. The number of hydrogen-bond donors (Lipinski definition) is 3. The van der Waals surface area contributed by atoms with Gasteiger partial charge in [-0.15, -0.1) is 0 Å². The van der Waals surface area contributed by atoms with Gasteiger partial charge < -0.3 is 20.4 Å². The van der Waals surface area contributed by atoms with Crippen molar-refractivity contribution >= 4 is 34.4 Å². The highest BCUT2D eigenvalue weighted by atomic mass is 19.1. The predicted molar refractivity (Wildman–Crippen MR) is 106 cm³/mol. The zero-order valence-corrected chi connectivity index (χ0v) is 16.0. The monoisotopic (exact) mass is 415 g/mol. The van der Waals surface area contributed by atoms with Gasteiger partial charge in [-0.3, -0.25) is 9.59 Å². The molecule has 3 rings (SSSR count). The number of amides is 2. The summed E-state index contributed by atoms with van der Waals surface area (Å²) in [7, 11) is 0. The summed E-state index contributed by atoms with van der Waals surface area (Å²) in [4.78, 5) is 39.0. The van der Waals surface area contributed by atoms with Gasteiger partial charge in [0, 0.05) is 30.4 Å². The molecule has 3 aromatic rings. The molecule has 0 saturated heterocycles. The summed E-state index contributed by atoms with van der Waals surface area (Å²) in [5.41, 5.74) is 1.02. The third kappa shape index (κ3) is 4.99. The lowest BCUT2D eigenvalue weighted by molar-refractivity contribution is -0.150. The van der Waals surface area contributed by atoms with E-state index in [1.165, 1.54) is 6.92 Å². The van der Waals surface area contributed by atoms with Crippen LogP contribution in [0.2, 0.25) is 0 Å². The highest BCUT2D eigenvalue weighted by molar-refractivity contribution is 5.94. The minimum absolute atomic E-state index is 0.131. The minimum Gasteiger partial charge on any atom is -0.454 e. The lowest BCUT2D eigenvalue weighted by atomic mass is 10.0. The molecule has 9 heteroatoms. The summed E-state index contributed by atoms with van der Waals surface area (Å²) < 4.78 is 32.2. The molecule has 7 nitrogen and oxygen atoms in total. The second-order valence-electron chi connectivity index (χ2n) is 6.57. The van der Waals surface area contributed by atoms with Gasteiger partial charge in [0.2, 0.25) is 5.91 Å². The molecule has 1 heterocycles. The van der Waals surface area contributed by atoms with Crippen LogP contribution in [0, 0.1) is 11.6 Å². The summed E-state index contributed by atoms with van der Waals surface area (Å²) in [6.07, 6.45) is 1.85. The molecule has 0 aliphatic carbocycles. The van der Waals surface area contributed by atoms with Crippen LogP contribution in [0.15, 0.2) is 48.7 Å². The zero-order valence-electron chi connectivity index (χ0n) is 16.0. The van der Waals surface area contributed by atoms with Gasteiger partial charge in [0.25, 0.3) is 5.91 Å². The predicted octanol–water partition coefficient (Wildman–Crippen LogP) is 2.68. The number of aromatic nitrogens is 1. The van der Waals surface area contributed by atoms with E-state index in [4.69, 9.17) is 4.74 Å². The number of esters is 1. The Labute approximate surface area is 170 Å². The number of nitrogens with one attached hydrogen (secondary N) is 3. The van der Waals surface area contributed by atoms with E-state index in [0.717, 1.165) is 34.7 Å². The first-order chi connectivity index (χ1) is 14.3. The Kier molecular flexibility index (Phi) is 6.41. The van der Waals surface area contributed by atoms with E-state index in [0.29, 0.717) is 0 Å². The number of carbonyl (C=O) groups excluding carboxylic acids is 3. The van der Waals surface area contributed by atoms with E-state index < -0.39 is 47.8 Å². The van der Waals surface area contributed by atoms with E-state index in [-0.39, 0.29) is 6.42 Å². The molecule has 0 fully saturated rings. The molecule has 0 saturated carbocycles. The Balaban J connectivity index is 1.65. The maximum Gasteiger partial charge on any atom is 0.329 e. The van der Waals surface area contributed by atoms with Crippen molar-refractivity contribution in [3.05, 3.63) is 65.9 Å². The van der Waals surface area contributed by atoms with Crippen molar-refractivity contribution in [1.82, 2.24) is 10.3 Å². The Morgan fingerprint density at radius 3 is 2.47 bits per heavy atom. The van der Waals surface area contributed by atoms with Crippen molar-refractivity contribution < 1.29 is 27.9 Å². The number of anilines is 1. The molecule has 30 heavy (non-hydrogen) atoms. The van der Waals surface area contributed by atoms with Crippen LogP contribution in [0.4, 0.5) is 14.5 Å². The van der Waals surface area contributed by atoms with Gasteiger partial charge in [-0.1, -0.05) is 24.3 Å². The van der Waals surface area contributed by atoms with Crippen LogP contribution in [0.1, 0.15) is 12.5 Å². The minimum atomic E-state index is -1.04. The molecule has 2 aromatic carbocycles. The molecule has 0 bridgehead atoms. The highest BCUT2D eigenvalue weighted by Gasteiger charge is 2.24. The molecule has 0 aliphatic heterocycles. The number of para-hydroxylation sites is 2. The van der Waals surface area contributed by atoms with Gasteiger partial charge in [0.1, 0.15) is 23.4 Å². The average Bonchev–Trinajstić information content (AvgIpc) is 3.11. The van der Waals surface area contributed by atoms with Gasteiger partial charge >= 0.3 is 5.97 Å². The first kappa shape index (κ1) is 21.0. The quantitative estimate of drug-likeness (QED) is 0.517. The smallest absolute Gasteiger partial charge is 0.329 e. The molecular weight excluding hydrogens is 396 g/mol. The number of benzene rings is 2. The fourth-order valence-electron chi connectivity index (χ4n) is 2.99. The van der Waals surface area contributed by atoms with Crippen LogP contribution in [0.5, 0.6) is 0 Å². The van der Waals surface area contributed by atoms with Crippen LogP contribution in [-0.4, -0.2) is 35.4 Å². The van der Waals surface area contributed by atoms with Crippen molar-refractivity contribution in [2.75, 3.05) is 11.9 Å². The molecule has 1 atom stereocenters. The summed E-state index contributed by atoms with van der Waals surface area (Å²) in [6.45, 7) is 0.486. The number of H-pyrrole nitrogens is 1. The Morgan fingerprint density at radius 2 is 1.77 bits per heavy atom. The molecular formula is C21H19F2N3O4. The van der Waals surface area contributed by atoms with Crippen molar-refractivity contribution in [1.29, 1.82) is 0 Å². The van der Waals surface area contributed by atoms with Gasteiger partial charge in [-0.25, -0.2) is 13.6 Å². The second kappa shape index (κ2) is 9.17. The maximum absolute atomic E-state index is 13.6. The van der Waals surface area contributed by atoms with Crippen LogP contribution in [-0.2, 0) is 25.5 Å². The maximum atomic E-state index is 13.6. The third-order valence-electron chi connectivity index (χ3n) is 4.33. The number of ether oxygens (including phenoxy) is 1. The van der Waals surface area contributed by atoms with Crippen molar-refractivity contribution in [2.24, 2.45) is 0 Å². The molecule has 0 radical (unpaired) electrons. The van der Waals surface area contributed by atoms with Gasteiger partial charge in [0.15, 0.2) is 6.61 Å². The third-order valence-corrected chi connectivity index (χ3v) is 4.33. The first-order valence-electron chi connectivity index (χ1n) is 9.07. The van der Waals surface area contributed by atoms with Crippen LogP contribution in [0.25, 0.3) is 10.9 Å². The van der Waals surface area contributed by atoms with Crippen molar-refractivity contribution in [2.45, 2.75) is 19.4 Å². The number of fused-ring (bicyclic) bond motifs is 1. The van der Waals surface area contributed by atoms with E-state index in [2.05, 4.69) is 10.3 Å². The Hall–Kier alpha value is -3.75. The summed E-state index contributed by atoms with van der Waals surface area (Å²) in [6, 6.07) is 9.53. The Bertz CT molecular complexity index is 1080. The Morgan fingerprint density at radius 1 is 1.07 bits per heavy atom. The summed E-state index contributed by atoms with van der Waals surface area (Å²) in [5.74, 6) is -4.12. The number of hydrogen-bond acceptors (Lipinski definition) is 4. The molecule has 0 unspecified atom stereocenters. The SMILES string of the molecule is CC(=O)N[C@@H](Cc1c[nH]c2ccccc12)C(=O)OCC(=O)Nc1c(F)cccc1F. The normalized spacial score (nSPS) is 11.7. The van der Waals surface area contributed by atoms with Gasteiger partial charge in [-0.05, 0) is 23.8 Å². The van der Waals surface area contributed by atoms with Crippen LogP contribution >= 0.6 is 0 Å². The zero-order chi connectivity index (χ0) is 21.7. The number of carbonyl (C=O) groups is 3.